The summed E-state index contributed by atoms with van der Waals surface area (Å²) in [6.07, 6.45) is 4.43. The Bertz CT molecular complexity index is 185. The molecule has 4 nitrogen and oxygen atoms in total. The topological polar surface area (TPSA) is 47.6 Å². The summed E-state index contributed by atoms with van der Waals surface area (Å²) in [5.74, 6) is -0.0236. The van der Waals surface area contributed by atoms with Gasteiger partial charge in [0.1, 0.15) is 0 Å². The summed E-state index contributed by atoms with van der Waals surface area (Å²) < 4.78 is 5.11. The fraction of sp³-hybridized carbons (Fsp3) is 0.889. The van der Waals surface area contributed by atoms with E-state index >= 15 is 0 Å². The molecule has 0 aromatic rings. The number of hydrogen-bond donors (Lipinski definition) is 1. The standard InChI is InChI=1S/C9H15NO3/c11-9(7-4-5-12-6-7)10-13-8-2-1-3-8/h7-8H,1-6H2,(H,10,11). The van der Waals surface area contributed by atoms with E-state index < -0.39 is 0 Å². The average Bonchev–Trinajstić information content (AvgIpc) is 2.52. The van der Waals surface area contributed by atoms with E-state index in [9.17, 15) is 4.79 Å². The normalized spacial score (nSPS) is 28.5. The van der Waals surface area contributed by atoms with Gasteiger partial charge in [-0.15, -0.1) is 0 Å². The Balaban J connectivity index is 1.65. The molecule has 1 N–H and O–H groups in total. The number of hydroxylamine groups is 1. The highest BCUT2D eigenvalue weighted by atomic mass is 16.7. The quantitative estimate of drug-likeness (QED) is 0.656. The smallest absolute Gasteiger partial charge is 0.249 e. The molecule has 1 heterocycles. The lowest BCUT2D eigenvalue weighted by Crippen LogP contribution is -2.37. The Morgan fingerprint density at radius 1 is 1.38 bits per heavy atom. The molecule has 1 atom stereocenters. The van der Waals surface area contributed by atoms with Crippen LogP contribution in [0.3, 0.4) is 0 Å². The van der Waals surface area contributed by atoms with Gasteiger partial charge in [-0.3, -0.25) is 9.63 Å². The summed E-state index contributed by atoms with van der Waals surface area (Å²) in [4.78, 5) is 16.6. The van der Waals surface area contributed by atoms with Crippen LogP contribution in [-0.4, -0.2) is 25.2 Å². The van der Waals surface area contributed by atoms with Gasteiger partial charge < -0.3 is 4.74 Å². The van der Waals surface area contributed by atoms with E-state index in [0.29, 0.717) is 13.2 Å². The van der Waals surface area contributed by atoms with Crippen molar-refractivity contribution in [3.8, 4) is 0 Å². The summed E-state index contributed by atoms with van der Waals surface area (Å²) in [6, 6.07) is 0. The van der Waals surface area contributed by atoms with Gasteiger partial charge in [-0.25, -0.2) is 5.48 Å². The van der Waals surface area contributed by atoms with Crippen LogP contribution >= 0.6 is 0 Å². The molecule has 1 aliphatic carbocycles. The highest BCUT2D eigenvalue weighted by Gasteiger charge is 2.25. The first-order chi connectivity index (χ1) is 6.36. The number of carbonyl (C=O) groups is 1. The molecule has 0 aromatic heterocycles. The first-order valence-corrected chi connectivity index (χ1v) is 4.89. The molecule has 2 rings (SSSR count). The van der Waals surface area contributed by atoms with Crippen molar-refractivity contribution in [1.29, 1.82) is 0 Å². The minimum Gasteiger partial charge on any atom is -0.381 e. The van der Waals surface area contributed by atoms with Crippen molar-refractivity contribution >= 4 is 5.91 Å². The van der Waals surface area contributed by atoms with Crippen LogP contribution < -0.4 is 5.48 Å². The highest BCUT2D eigenvalue weighted by molar-refractivity contribution is 5.77. The maximum Gasteiger partial charge on any atom is 0.249 e. The molecular weight excluding hydrogens is 170 g/mol. The maximum absolute atomic E-state index is 11.4. The van der Waals surface area contributed by atoms with Gasteiger partial charge in [0.25, 0.3) is 0 Å². The number of carbonyl (C=O) groups excluding carboxylic acids is 1. The molecule has 4 heteroatoms. The second-order valence-electron chi connectivity index (χ2n) is 3.70. The lowest BCUT2D eigenvalue weighted by atomic mass is 9.97. The first-order valence-electron chi connectivity index (χ1n) is 4.89. The third-order valence-electron chi connectivity index (χ3n) is 2.68. The zero-order valence-corrected chi connectivity index (χ0v) is 7.62. The van der Waals surface area contributed by atoms with Crippen LogP contribution in [0.25, 0.3) is 0 Å². The summed E-state index contributed by atoms with van der Waals surface area (Å²) in [5.41, 5.74) is 2.51. The minimum absolute atomic E-state index is 0.0000709. The largest absolute Gasteiger partial charge is 0.381 e. The van der Waals surface area contributed by atoms with Gasteiger partial charge in [-0.05, 0) is 25.7 Å². The Kier molecular flexibility index (Phi) is 2.80. The lowest BCUT2D eigenvalue weighted by Gasteiger charge is -2.25. The molecule has 1 saturated carbocycles. The van der Waals surface area contributed by atoms with E-state index in [1.807, 2.05) is 0 Å². The van der Waals surface area contributed by atoms with Gasteiger partial charge in [-0.2, -0.15) is 0 Å². The van der Waals surface area contributed by atoms with Crippen molar-refractivity contribution in [1.82, 2.24) is 5.48 Å². The van der Waals surface area contributed by atoms with E-state index in [4.69, 9.17) is 9.57 Å². The van der Waals surface area contributed by atoms with Gasteiger partial charge in [0.2, 0.25) is 5.91 Å². The van der Waals surface area contributed by atoms with Crippen LogP contribution in [0.1, 0.15) is 25.7 Å². The van der Waals surface area contributed by atoms with Gasteiger partial charge in [0.05, 0.1) is 18.6 Å². The van der Waals surface area contributed by atoms with E-state index in [0.717, 1.165) is 19.3 Å². The molecule has 2 aliphatic rings. The van der Waals surface area contributed by atoms with Gasteiger partial charge in [0, 0.05) is 6.61 Å². The van der Waals surface area contributed by atoms with E-state index in [2.05, 4.69) is 5.48 Å². The molecule has 2 fully saturated rings. The summed E-state index contributed by atoms with van der Waals surface area (Å²) in [5, 5.41) is 0. The van der Waals surface area contributed by atoms with Crippen molar-refractivity contribution in [3.63, 3.8) is 0 Å². The van der Waals surface area contributed by atoms with Crippen molar-refractivity contribution in [2.75, 3.05) is 13.2 Å². The fourth-order valence-corrected chi connectivity index (χ4v) is 1.45. The first kappa shape index (κ1) is 8.97. The molecule has 0 spiro atoms. The van der Waals surface area contributed by atoms with Crippen LogP contribution in [0.2, 0.25) is 0 Å². The zero-order valence-electron chi connectivity index (χ0n) is 7.62. The van der Waals surface area contributed by atoms with Gasteiger partial charge in [-0.1, -0.05) is 0 Å². The van der Waals surface area contributed by atoms with Gasteiger partial charge >= 0.3 is 0 Å². The number of rotatable bonds is 3. The predicted octanol–water partition coefficient (Wildman–Crippen LogP) is 0.623. The Morgan fingerprint density at radius 3 is 2.77 bits per heavy atom. The fourth-order valence-electron chi connectivity index (χ4n) is 1.45. The SMILES string of the molecule is O=C(NOC1CCC1)C1CCOC1. The van der Waals surface area contributed by atoms with E-state index in [-0.39, 0.29) is 17.9 Å². The minimum atomic E-state index is -0.0237. The third kappa shape index (κ3) is 2.19. The maximum atomic E-state index is 11.4. The lowest BCUT2D eigenvalue weighted by molar-refractivity contribution is -0.147. The van der Waals surface area contributed by atoms with Crippen molar-refractivity contribution in [3.05, 3.63) is 0 Å². The molecule has 1 saturated heterocycles. The van der Waals surface area contributed by atoms with Crippen LogP contribution in [0.5, 0.6) is 0 Å². The Labute approximate surface area is 77.5 Å². The van der Waals surface area contributed by atoms with Crippen LogP contribution in [0.4, 0.5) is 0 Å². The van der Waals surface area contributed by atoms with E-state index in [1.54, 1.807) is 0 Å². The number of nitrogens with one attached hydrogen (secondary N) is 1. The van der Waals surface area contributed by atoms with Crippen LogP contribution in [-0.2, 0) is 14.4 Å². The molecule has 13 heavy (non-hydrogen) atoms. The summed E-state index contributed by atoms with van der Waals surface area (Å²) >= 11 is 0. The van der Waals surface area contributed by atoms with Gasteiger partial charge in [0.15, 0.2) is 0 Å². The molecular formula is C9H15NO3. The molecule has 0 radical (unpaired) electrons. The molecule has 74 valence electrons. The highest BCUT2D eigenvalue weighted by Crippen LogP contribution is 2.21. The van der Waals surface area contributed by atoms with E-state index in [1.165, 1.54) is 6.42 Å². The zero-order chi connectivity index (χ0) is 9.10. The van der Waals surface area contributed by atoms with Crippen molar-refractivity contribution < 1.29 is 14.4 Å². The summed E-state index contributed by atoms with van der Waals surface area (Å²) in [6.45, 7) is 1.24. The second-order valence-corrected chi connectivity index (χ2v) is 3.70. The second kappa shape index (κ2) is 4.07. The molecule has 0 bridgehead atoms. The molecule has 1 amide bonds. The van der Waals surface area contributed by atoms with Crippen molar-refractivity contribution in [2.45, 2.75) is 31.8 Å². The van der Waals surface area contributed by atoms with Crippen molar-refractivity contribution in [2.24, 2.45) is 5.92 Å². The van der Waals surface area contributed by atoms with Crippen LogP contribution in [0, 0.1) is 5.92 Å². The predicted molar refractivity (Wildman–Crippen MR) is 45.8 cm³/mol. The van der Waals surface area contributed by atoms with Crippen LogP contribution in [0.15, 0.2) is 0 Å². The third-order valence-corrected chi connectivity index (χ3v) is 2.68. The Morgan fingerprint density at radius 2 is 2.23 bits per heavy atom. The summed E-state index contributed by atoms with van der Waals surface area (Å²) in [7, 11) is 0. The monoisotopic (exact) mass is 185 g/mol. The number of amides is 1. The molecule has 0 aromatic carbocycles. The number of ether oxygens (including phenoxy) is 1. The molecule has 1 aliphatic heterocycles. The molecule has 1 unspecified atom stereocenters. The Hall–Kier alpha value is -0.610. The average molecular weight is 185 g/mol. The number of hydrogen-bond acceptors (Lipinski definition) is 3.